The molecule has 0 N–H and O–H groups in total. The quantitative estimate of drug-likeness (QED) is 0.693. The summed E-state index contributed by atoms with van der Waals surface area (Å²) in [5.74, 6) is 2.07. The minimum Gasteiger partial charge on any atom is -0.493 e. The Bertz CT molecular complexity index is 341. The van der Waals surface area contributed by atoms with Crippen molar-refractivity contribution in [2.45, 2.75) is 12.8 Å². The van der Waals surface area contributed by atoms with Gasteiger partial charge in [0.2, 0.25) is 0 Å². The summed E-state index contributed by atoms with van der Waals surface area (Å²) in [6, 6.07) is 2.12. The summed E-state index contributed by atoms with van der Waals surface area (Å²) >= 11 is 3.58. The van der Waals surface area contributed by atoms with Crippen molar-refractivity contribution >= 4 is 15.9 Å². The number of hydrogen-bond acceptors (Lipinski definition) is 2. The van der Waals surface area contributed by atoms with E-state index in [4.69, 9.17) is 9.47 Å². The van der Waals surface area contributed by atoms with Gasteiger partial charge in [-0.05, 0) is 22.0 Å². The Balaban J connectivity index is 2.26. The molecular formula is C10H9BrO2. The zero-order chi connectivity index (χ0) is 8.84. The third kappa shape index (κ3) is 0.998. The van der Waals surface area contributed by atoms with Crippen LogP contribution < -0.4 is 9.47 Å². The molecule has 1 aromatic rings. The number of halogens is 1. The zero-order valence-electron chi connectivity index (χ0n) is 7.10. The highest BCUT2D eigenvalue weighted by Gasteiger charge is 2.24. The van der Waals surface area contributed by atoms with E-state index in [1.54, 1.807) is 0 Å². The molecule has 0 fully saturated rings. The molecule has 3 rings (SSSR count). The van der Waals surface area contributed by atoms with Gasteiger partial charge in [0, 0.05) is 24.0 Å². The number of ether oxygens (including phenoxy) is 2. The van der Waals surface area contributed by atoms with Gasteiger partial charge in [-0.3, -0.25) is 0 Å². The smallest absolute Gasteiger partial charge is 0.137 e. The summed E-state index contributed by atoms with van der Waals surface area (Å²) in [6.45, 7) is 1.60. The maximum absolute atomic E-state index is 5.55. The van der Waals surface area contributed by atoms with E-state index in [1.165, 1.54) is 11.1 Å². The third-order valence-corrected chi connectivity index (χ3v) is 3.42. The first-order valence-corrected chi connectivity index (χ1v) is 5.25. The van der Waals surface area contributed by atoms with Gasteiger partial charge in [0.05, 0.1) is 17.7 Å². The Morgan fingerprint density at radius 2 is 2.00 bits per heavy atom. The summed E-state index contributed by atoms with van der Waals surface area (Å²) in [5, 5.41) is 0. The molecule has 2 aliphatic heterocycles. The molecule has 2 heterocycles. The van der Waals surface area contributed by atoms with E-state index in [0.717, 1.165) is 42.0 Å². The van der Waals surface area contributed by atoms with Crippen LogP contribution in [0.1, 0.15) is 11.1 Å². The second-order valence-electron chi connectivity index (χ2n) is 3.35. The topological polar surface area (TPSA) is 18.5 Å². The van der Waals surface area contributed by atoms with Crippen LogP contribution in [0.15, 0.2) is 10.5 Å². The van der Waals surface area contributed by atoms with Crippen molar-refractivity contribution in [3.05, 3.63) is 21.7 Å². The number of hydrogen-bond donors (Lipinski definition) is 0. The SMILES string of the molecule is Brc1c2c(cc3c1OCC3)OCC2. The van der Waals surface area contributed by atoms with Crippen LogP contribution in [-0.2, 0) is 12.8 Å². The summed E-state index contributed by atoms with van der Waals surface area (Å²) in [7, 11) is 0. The first-order valence-electron chi connectivity index (χ1n) is 4.46. The lowest BCUT2D eigenvalue weighted by Crippen LogP contribution is -1.89. The van der Waals surface area contributed by atoms with Gasteiger partial charge in [0.15, 0.2) is 0 Å². The average molecular weight is 241 g/mol. The Labute approximate surface area is 85.0 Å². The monoisotopic (exact) mass is 240 g/mol. The van der Waals surface area contributed by atoms with Crippen molar-refractivity contribution in [2.75, 3.05) is 13.2 Å². The molecule has 0 amide bonds. The Kier molecular flexibility index (Phi) is 1.56. The van der Waals surface area contributed by atoms with Gasteiger partial charge >= 0.3 is 0 Å². The standard InChI is InChI=1S/C10H9BrO2/c11-9-7-2-4-12-8(7)5-6-1-3-13-10(6)9/h5H,1-4H2. The molecule has 2 aliphatic rings. The van der Waals surface area contributed by atoms with Crippen molar-refractivity contribution in [2.24, 2.45) is 0 Å². The van der Waals surface area contributed by atoms with E-state index in [2.05, 4.69) is 22.0 Å². The molecule has 0 saturated carbocycles. The highest BCUT2D eigenvalue weighted by atomic mass is 79.9. The van der Waals surface area contributed by atoms with Crippen LogP contribution in [0.5, 0.6) is 11.5 Å². The van der Waals surface area contributed by atoms with Gasteiger partial charge in [-0.25, -0.2) is 0 Å². The Morgan fingerprint density at radius 3 is 2.92 bits per heavy atom. The fraction of sp³-hybridized carbons (Fsp3) is 0.400. The maximum Gasteiger partial charge on any atom is 0.137 e. The molecule has 0 aliphatic carbocycles. The average Bonchev–Trinajstić information content (AvgIpc) is 2.71. The van der Waals surface area contributed by atoms with Crippen molar-refractivity contribution < 1.29 is 9.47 Å². The predicted molar refractivity (Wildman–Crippen MR) is 52.5 cm³/mol. The summed E-state index contributed by atoms with van der Waals surface area (Å²) in [5.41, 5.74) is 2.54. The molecule has 3 heteroatoms. The highest BCUT2D eigenvalue weighted by Crippen LogP contribution is 2.43. The van der Waals surface area contributed by atoms with Crippen molar-refractivity contribution in [1.29, 1.82) is 0 Å². The molecular weight excluding hydrogens is 232 g/mol. The number of rotatable bonds is 0. The van der Waals surface area contributed by atoms with Crippen LogP contribution in [0, 0.1) is 0 Å². The van der Waals surface area contributed by atoms with Crippen LogP contribution >= 0.6 is 15.9 Å². The fourth-order valence-electron chi connectivity index (χ4n) is 1.93. The first-order chi connectivity index (χ1) is 6.36. The largest absolute Gasteiger partial charge is 0.493 e. The molecule has 1 aromatic carbocycles. The summed E-state index contributed by atoms with van der Waals surface area (Å²) in [4.78, 5) is 0. The van der Waals surface area contributed by atoms with Crippen LogP contribution in [0.4, 0.5) is 0 Å². The zero-order valence-corrected chi connectivity index (χ0v) is 8.69. The van der Waals surface area contributed by atoms with Gasteiger partial charge in [0.1, 0.15) is 11.5 Å². The first kappa shape index (κ1) is 7.68. The lowest BCUT2D eigenvalue weighted by molar-refractivity contribution is 0.354. The van der Waals surface area contributed by atoms with E-state index < -0.39 is 0 Å². The molecule has 0 spiro atoms. The van der Waals surface area contributed by atoms with Crippen LogP contribution in [-0.4, -0.2) is 13.2 Å². The van der Waals surface area contributed by atoms with E-state index >= 15 is 0 Å². The van der Waals surface area contributed by atoms with E-state index in [9.17, 15) is 0 Å². The maximum atomic E-state index is 5.55. The number of benzene rings is 1. The molecule has 0 saturated heterocycles. The van der Waals surface area contributed by atoms with Crippen molar-refractivity contribution in [1.82, 2.24) is 0 Å². The van der Waals surface area contributed by atoms with Crippen molar-refractivity contribution in [3.63, 3.8) is 0 Å². The summed E-state index contributed by atoms with van der Waals surface area (Å²) < 4.78 is 12.2. The molecule has 0 bridgehead atoms. The fourth-order valence-corrected chi connectivity index (χ4v) is 2.69. The molecule has 68 valence electrons. The minimum absolute atomic E-state index is 0.802. The van der Waals surface area contributed by atoms with Crippen LogP contribution in [0.3, 0.4) is 0 Å². The molecule has 0 atom stereocenters. The molecule has 2 nitrogen and oxygen atoms in total. The molecule has 0 aromatic heterocycles. The lowest BCUT2D eigenvalue weighted by Gasteiger charge is -2.06. The second kappa shape index (κ2) is 2.64. The van der Waals surface area contributed by atoms with Gasteiger partial charge in [-0.1, -0.05) is 0 Å². The van der Waals surface area contributed by atoms with E-state index in [0.29, 0.717) is 0 Å². The van der Waals surface area contributed by atoms with Gasteiger partial charge in [-0.2, -0.15) is 0 Å². The third-order valence-electron chi connectivity index (χ3n) is 2.59. The van der Waals surface area contributed by atoms with E-state index in [-0.39, 0.29) is 0 Å². The Hall–Kier alpha value is -0.700. The van der Waals surface area contributed by atoms with Crippen LogP contribution in [0.2, 0.25) is 0 Å². The van der Waals surface area contributed by atoms with Crippen LogP contribution in [0.25, 0.3) is 0 Å². The van der Waals surface area contributed by atoms with Gasteiger partial charge in [-0.15, -0.1) is 0 Å². The Morgan fingerprint density at radius 1 is 1.15 bits per heavy atom. The lowest BCUT2D eigenvalue weighted by atomic mass is 10.1. The predicted octanol–water partition coefficient (Wildman–Crippen LogP) is 2.32. The summed E-state index contributed by atoms with van der Waals surface area (Å²) in [6.07, 6.45) is 2.00. The van der Waals surface area contributed by atoms with E-state index in [1.807, 2.05) is 0 Å². The minimum atomic E-state index is 0.802. The van der Waals surface area contributed by atoms with Gasteiger partial charge < -0.3 is 9.47 Å². The number of fused-ring (bicyclic) bond motifs is 2. The van der Waals surface area contributed by atoms with Gasteiger partial charge in [0.25, 0.3) is 0 Å². The molecule has 13 heavy (non-hydrogen) atoms. The second-order valence-corrected chi connectivity index (χ2v) is 4.15. The molecule has 0 radical (unpaired) electrons. The normalized spacial score (nSPS) is 17.6. The van der Waals surface area contributed by atoms with Crippen molar-refractivity contribution in [3.8, 4) is 11.5 Å². The highest BCUT2D eigenvalue weighted by molar-refractivity contribution is 9.10. The molecule has 0 unspecified atom stereocenters.